The molecule has 110 valence electrons. The fourth-order valence-corrected chi connectivity index (χ4v) is 2.23. The van der Waals surface area contributed by atoms with Crippen molar-refractivity contribution in [1.29, 1.82) is 0 Å². The molecule has 1 atom stereocenters. The molecule has 1 aliphatic rings. The molecule has 1 N–H and O–H groups in total. The SMILES string of the molecule is CNCC1CN(C(=O)Cc2ccc(F)c(F)c2)CCO1. The van der Waals surface area contributed by atoms with E-state index in [2.05, 4.69) is 5.32 Å². The van der Waals surface area contributed by atoms with Crippen LogP contribution in [0.25, 0.3) is 0 Å². The highest BCUT2D eigenvalue weighted by Gasteiger charge is 2.23. The predicted octanol–water partition coefficient (Wildman–Crippen LogP) is 0.954. The number of nitrogens with zero attached hydrogens (tertiary/aromatic N) is 1. The summed E-state index contributed by atoms with van der Waals surface area (Å²) in [7, 11) is 1.82. The molecular formula is C14H18F2N2O2. The zero-order valence-electron chi connectivity index (χ0n) is 11.4. The number of halogens is 2. The molecule has 1 heterocycles. The molecule has 1 aromatic rings. The van der Waals surface area contributed by atoms with Crippen molar-refractivity contribution in [2.45, 2.75) is 12.5 Å². The Morgan fingerprint density at radius 3 is 2.95 bits per heavy atom. The van der Waals surface area contributed by atoms with Crippen molar-refractivity contribution in [3.8, 4) is 0 Å². The van der Waals surface area contributed by atoms with E-state index in [1.165, 1.54) is 6.07 Å². The smallest absolute Gasteiger partial charge is 0.227 e. The van der Waals surface area contributed by atoms with E-state index >= 15 is 0 Å². The van der Waals surface area contributed by atoms with Gasteiger partial charge in [-0.15, -0.1) is 0 Å². The second kappa shape index (κ2) is 6.76. The Balaban J connectivity index is 1.95. The summed E-state index contributed by atoms with van der Waals surface area (Å²) in [6.07, 6.45) is 0.0476. The lowest BCUT2D eigenvalue weighted by atomic mass is 10.1. The molecule has 1 aliphatic heterocycles. The largest absolute Gasteiger partial charge is 0.373 e. The summed E-state index contributed by atoms with van der Waals surface area (Å²) in [5.41, 5.74) is 0.477. The second-order valence-electron chi connectivity index (χ2n) is 4.82. The number of ether oxygens (including phenoxy) is 1. The van der Waals surface area contributed by atoms with Gasteiger partial charge < -0.3 is 15.0 Å². The number of nitrogens with one attached hydrogen (secondary N) is 1. The van der Waals surface area contributed by atoms with Crippen molar-refractivity contribution >= 4 is 5.91 Å². The Morgan fingerprint density at radius 2 is 2.25 bits per heavy atom. The summed E-state index contributed by atoms with van der Waals surface area (Å²) < 4.78 is 31.5. The van der Waals surface area contributed by atoms with Gasteiger partial charge in [0.1, 0.15) is 0 Å². The molecule has 1 saturated heterocycles. The maximum absolute atomic E-state index is 13.1. The van der Waals surface area contributed by atoms with Crippen LogP contribution in [0.15, 0.2) is 18.2 Å². The number of carbonyl (C=O) groups is 1. The molecule has 0 radical (unpaired) electrons. The quantitative estimate of drug-likeness (QED) is 0.895. The fraction of sp³-hybridized carbons (Fsp3) is 0.500. The van der Waals surface area contributed by atoms with E-state index in [-0.39, 0.29) is 18.4 Å². The van der Waals surface area contributed by atoms with Crippen molar-refractivity contribution in [3.63, 3.8) is 0 Å². The van der Waals surface area contributed by atoms with Crippen molar-refractivity contribution in [2.24, 2.45) is 0 Å². The van der Waals surface area contributed by atoms with Crippen LogP contribution in [-0.2, 0) is 16.0 Å². The molecular weight excluding hydrogens is 266 g/mol. The van der Waals surface area contributed by atoms with Crippen LogP contribution in [0, 0.1) is 11.6 Å². The molecule has 2 rings (SSSR count). The lowest BCUT2D eigenvalue weighted by molar-refractivity contribution is -0.137. The Hall–Kier alpha value is -1.53. The van der Waals surface area contributed by atoms with Gasteiger partial charge in [0, 0.05) is 19.6 Å². The molecule has 0 bridgehead atoms. The topological polar surface area (TPSA) is 41.6 Å². The summed E-state index contributed by atoms with van der Waals surface area (Å²) >= 11 is 0. The summed E-state index contributed by atoms with van der Waals surface area (Å²) in [5, 5.41) is 3.01. The molecule has 1 unspecified atom stereocenters. The molecule has 20 heavy (non-hydrogen) atoms. The highest BCUT2D eigenvalue weighted by molar-refractivity contribution is 5.78. The van der Waals surface area contributed by atoms with Gasteiger partial charge in [0.05, 0.1) is 19.1 Å². The standard InChI is InChI=1S/C14H18F2N2O2/c1-17-8-11-9-18(4-5-20-11)14(19)7-10-2-3-12(15)13(16)6-10/h2-3,6,11,17H,4-5,7-9H2,1H3. The number of morpholine rings is 1. The van der Waals surface area contributed by atoms with E-state index in [4.69, 9.17) is 4.74 Å². The Kier molecular flexibility index (Phi) is 5.03. The minimum absolute atomic E-state index is 0.0253. The monoisotopic (exact) mass is 284 g/mol. The molecule has 0 aliphatic carbocycles. The van der Waals surface area contributed by atoms with Crippen molar-refractivity contribution < 1.29 is 18.3 Å². The zero-order chi connectivity index (χ0) is 14.5. The highest BCUT2D eigenvalue weighted by atomic mass is 19.2. The average Bonchev–Trinajstić information content (AvgIpc) is 2.43. The first-order valence-electron chi connectivity index (χ1n) is 6.58. The van der Waals surface area contributed by atoms with Crippen LogP contribution in [0.1, 0.15) is 5.56 Å². The van der Waals surface area contributed by atoms with Crippen LogP contribution in [0.4, 0.5) is 8.78 Å². The first-order valence-corrected chi connectivity index (χ1v) is 6.58. The Morgan fingerprint density at radius 1 is 1.45 bits per heavy atom. The van der Waals surface area contributed by atoms with Crippen LogP contribution in [0.5, 0.6) is 0 Å². The second-order valence-corrected chi connectivity index (χ2v) is 4.82. The van der Waals surface area contributed by atoms with Crippen LogP contribution in [0.3, 0.4) is 0 Å². The predicted molar refractivity (Wildman–Crippen MR) is 70.3 cm³/mol. The zero-order valence-corrected chi connectivity index (χ0v) is 11.4. The van der Waals surface area contributed by atoms with E-state index in [1.54, 1.807) is 4.90 Å². The summed E-state index contributed by atoms with van der Waals surface area (Å²) in [6.45, 7) is 2.22. The maximum atomic E-state index is 13.1. The van der Waals surface area contributed by atoms with Gasteiger partial charge in [-0.3, -0.25) is 4.79 Å². The number of likely N-dealkylation sites (N-methyl/N-ethyl adjacent to an activating group) is 1. The number of rotatable bonds is 4. The molecule has 0 spiro atoms. The van der Waals surface area contributed by atoms with Gasteiger partial charge >= 0.3 is 0 Å². The highest BCUT2D eigenvalue weighted by Crippen LogP contribution is 2.12. The van der Waals surface area contributed by atoms with Gasteiger partial charge in [-0.1, -0.05) is 6.07 Å². The van der Waals surface area contributed by atoms with Crippen LogP contribution in [0.2, 0.25) is 0 Å². The number of carbonyl (C=O) groups excluding carboxylic acids is 1. The first kappa shape index (κ1) is 14.9. The third kappa shape index (κ3) is 3.74. The summed E-state index contributed by atoms with van der Waals surface area (Å²) in [4.78, 5) is 13.8. The van der Waals surface area contributed by atoms with Gasteiger partial charge in [0.2, 0.25) is 5.91 Å². The number of hydrogen-bond acceptors (Lipinski definition) is 3. The summed E-state index contributed by atoms with van der Waals surface area (Å²) in [6, 6.07) is 3.54. The number of benzene rings is 1. The Labute approximate surface area is 116 Å². The van der Waals surface area contributed by atoms with Crippen molar-refractivity contribution in [1.82, 2.24) is 10.2 Å². The van der Waals surface area contributed by atoms with E-state index < -0.39 is 11.6 Å². The minimum Gasteiger partial charge on any atom is -0.373 e. The summed E-state index contributed by atoms with van der Waals surface area (Å²) in [5.74, 6) is -1.92. The van der Waals surface area contributed by atoms with Crippen LogP contribution >= 0.6 is 0 Å². The van der Waals surface area contributed by atoms with E-state index in [9.17, 15) is 13.6 Å². The molecule has 1 aromatic carbocycles. The molecule has 0 aromatic heterocycles. The normalized spacial score (nSPS) is 19.1. The van der Waals surface area contributed by atoms with Crippen molar-refractivity contribution in [3.05, 3.63) is 35.4 Å². The van der Waals surface area contributed by atoms with E-state index in [0.717, 1.165) is 12.1 Å². The minimum atomic E-state index is -0.926. The fourth-order valence-electron chi connectivity index (χ4n) is 2.23. The molecule has 6 heteroatoms. The van der Waals surface area contributed by atoms with E-state index in [0.29, 0.717) is 31.8 Å². The van der Waals surface area contributed by atoms with Gasteiger partial charge in [0.25, 0.3) is 0 Å². The van der Waals surface area contributed by atoms with Gasteiger partial charge in [0.15, 0.2) is 11.6 Å². The van der Waals surface area contributed by atoms with Gasteiger partial charge in [-0.05, 0) is 24.7 Å². The molecule has 0 saturated carbocycles. The van der Waals surface area contributed by atoms with Crippen molar-refractivity contribution in [2.75, 3.05) is 33.3 Å². The lowest BCUT2D eigenvalue weighted by Gasteiger charge is -2.33. The van der Waals surface area contributed by atoms with Crippen LogP contribution in [-0.4, -0.2) is 50.2 Å². The van der Waals surface area contributed by atoms with E-state index in [1.807, 2.05) is 7.05 Å². The van der Waals surface area contributed by atoms with Gasteiger partial charge in [-0.25, -0.2) is 8.78 Å². The lowest BCUT2D eigenvalue weighted by Crippen LogP contribution is -2.49. The average molecular weight is 284 g/mol. The third-order valence-corrected chi connectivity index (χ3v) is 3.26. The maximum Gasteiger partial charge on any atom is 0.227 e. The number of hydrogen-bond donors (Lipinski definition) is 1. The molecule has 4 nitrogen and oxygen atoms in total. The molecule has 1 fully saturated rings. The number of amides is 1. The van der Waals surface area contributed by atoms with Gasteiger partial charge in [-0.2, -0.15) is 0 Å². The first-order chi connectivity index (χ1) is 9.60. The molecule has 1 amide bonds. The van der Waals surface area contributed by atoms with Crippen LogP contribution < -0.4 is 5.32 Å². The third-order valence-electron chi connectivity index (χ3n) is 3.26. The Bertz CT molecular complexity index is 480.